The number of halogens is 3. The van der Waals surface area contributed by atoms with Crippen LogP contribution < -0.4 is 14.5 Å². The normalized spacial score (nSPS) is 30.6. The summed E-state index contributed by atoms with van der Waals surface area (Å²) in [4.78, 5) is 55.1. The van der Waals surface area contributed by atoms with Gasteiger partial charge in [-0.05, 0) is 84.5 Å². The standard InChI is InChI=1S/C37H27Cl2FN2O6/c1-2-19-3-7-23(8-4-19)41-32(44)27-13-12-26-28(30(27)33(41)45)17-36(38)34(46)42(24-9-5-22(40)6-10-24)35(47)37(36,39)31(26)21-15-20-16-25(43)11-14-29(20)48-18-21/h2-12,14,16,18,27-28,30-31,43H,1,13,15,17H2/t27-,28+,30-,31-,36+,37-/m0/s1. The minimum Gasteiger partial charge on any atom is -0.508 e. The molecule has 3 heterocycles. The summed E-state index contributed by atoms with van der Waals surface area (Å²) in [5.74, 6) is -5.78. The van der Waals surface area contributed by atoms with Crippen LogP contribution in [0.2, 0.25) is 0 Å². The lowest BCUT2D eigenvalue weighted by Crippen LogP contribution is -2.61. The Kier molecular flexibility index (Phi) is 6.78. The van der Waals surface area contributed by atoms with Crippen molar-refractivity contribution in [3.05, 3.63) is 114 Å². The Balaban J connectivity index is 1.27. The molecule has 11 heteroatoms. The van der Waals surface area contributed by atoms with Gasteiger partial charge in [-0.1, -0.05) is 36.4 Å². The van der Waals surface area contributed by atoms with E-state index in [1.54, 1.807) is 42.5 Å². The van der Waals surface area contributed by atoms with Crippen LogP contribution in [0, 0.1) is 29.5 Å². The van der Waals surface area contributed by atoms with Crippen molar-refractivity contribution in [2.45, 2.75) is 29.0 Å². The molecule has 0 spiro atoms. The van der Waals surface area contributed by atoms with Gasteiger partial charge < -0.3 is 9.84 Å². The van der Waals surface area contributed by atoms with Crippen molar-refractivity contribution in [1.29, 1.82) is 0 Å². The summed E-state index contributed by atoms with van der Waals surface area (Å²) in [5, 5.41) is 10.2. The van der Waals surface area contributed by atoms with Gasteiger partial charge >= 0.3 is 0 Å². The lowest BCUT2D eigenvalue weighted by Gasteiger charge is -2.51. The highest BCUT2D eigenvalue weighted by atomic mass is 35.5. The Morgan fingerprint density at radius 1 is 0.896 bits per heavy atom. The van der Waals surface area contributed by atoms with E-state index in [1.807, 2.05) is 6.08 Å². The molecule has 0 bridgehead atoms. The zero-order valence-corrected chi connectivity index (χ0v) is 26.7. The van der Waals surface area contributed by atoms with Crippen LogP contribution in [0.5, 0.6) is 11.5 Å². The fourth-order valence-electron chi connectivity index (χ4n) is 8.22. The molecule has 3 aliphatic heterocycles. The Bertz CT molecular complexity index is 2030. The zero-order valence-electron chi connectivity index (χ0n) is 25.2. The summed E-state index contributed by atoms with van der Waals surface area (Å²) in [6, 6.07) is 16.4. The van der Waals surface area contributed by atoms with Crippen LogP contribution >= 0.6 is 23.2 Å². The molecule has 2 aliphatic carbocycles. The first-order valence-corrected chi connectivity index (χ1v) is 16.2. The molecule has 48 heavy (non-hydrogen) atoms. The summed E-state index contributed by atoms with van der Waals surface area (Å²) in [5.41, 5.74) is 3.09. The van der Waals surface area contributed by atoms with Gasteiger partial charge in [0.15, 0.2) is 9.75 Å². The summed E-state index contributed by atoms with van der Waals surface area (Å²) in [6.07, 6.45) is 5.19. The van der Waals surface area contributed by atoms with Crippen molar-refractivity contribution in [3.8, 4) is 11.5 Å². The number of phenolic OH excluding ortho intramolecular Hbond substituents is 1. The fraction of sp³-hybridized carbons (Fsp3) is 0.243. The van der Waals surface area contributed by atoms with Gasteiger partial charge in [-0.15, -0.1) is 23.2 Å². The van der Waals surface area contributed by atoms with Gasteiger partial charge in [-0.3, -0.25) is 24.1 Å². The number of aromatic hydroxyl groups is 1. The maximum Gasteiger partial charge on any atom is 0.258 e. The van der Waals surface area contributed by atoms with Crippen molar-refractivity contribution < 1.29 is 33.4 Å². The number of ether oxygens (including phenoxy) is 1. The third-order valence-electron chi connectivity index (χ3n) is 10.4. The number of anilines is 2. The van der Waals surface area contributed by atoms with E-state index in [9.17, 15) is 28.7 Å². The molecule has 0 aromatic heterocycles. The maximum absolute atomic E-state index is 14.5. The molecule has 3 aromatic carbocycles. The molecule has 3 aromatic rings. The molecule has 1 N–H and O–H groups in total. The lowest BCUT2D eigenvalue weighted by atomic mass is 9.56. The second-order valence-electron chi connectivity index (χ2n) is 12.8. The van der Waals surface area contributed by atoms with Crippen molar-refractivity contribution >= 4 is 64.3 Å². The number of carbonyl (C=O) groups excluding carboxylic acids is 4. The number of imide groups is 2. The van der Waals surface area contributed by atoms with Gasteiger partial charge in [0.25, 0.3) is 11.8 Å². The minimum atomic E-state index is -2.08. The van der Waals surface area contributed by atoms with Gasteiger partial charge in [0.1, 0.15) is 17.3 Å². The Morgan fingerprint density at radius 3 is 2.29 bits per heavy atom. The number of benzene rings is 3. The van der Waals surface area contributed by atoms with Gasteiger partial charge in [0.2, 0.25) is 11.8 Å². The molecular weight excluding hydrogens is 658 g/mol. The molecule has 0 unspecified atom stereocenters. The number of carbonyl (C=O) groups is 4. The van der Waals surface area contributed by atoms with Crippen molar-refractivity contribution in [2.75, 3.05) is 9.80 Å². The van der Waals surface area contributed by atoms with Crippen molar-refractivity contribution in [1.82, 2.24) is 0 Å². The largest absolute Gasteiger partial charge is 0.508 e. The number of hydrogen-bond acceptors (Lipinski definition) is 6. The average molecular weight is 686 g/mol. The van der Waals surface area contributed by atoms with E-state index < -0.39 is 57.0 Å². The van der Waals surface area contributed by atoms with E-state index in [4.69, 9.17) is 27.9 Å². The van der Waals surface area contributed by atoms with Crippen LogP contribution in [0.15, 0.2) is 96.8 Å². The number of allylic oxidation sites excluding steroid dienone is 3. The molecule has 2 saturated heterocycles. The predicted molar refractivity (Wildman–Crippen MR) is 177 cm³/mol. The molecule has 6 atom stereocenters. The van der Waals surface area contributed by atoms with E-state index in [-0.39, 0.29) is 36.6 Å². The molecule has 4 amide bonds. The summed E-state index contributed by atoms with van der Waals surface area (Å²) < 4.78 is 19.9. The second kappa shape index (κ2) is 10.6. The van der Waals surface area contributed by atoms with Crippen molar-refractivity contribution in [2.24, 2.45) is 23.7 Å². The van der Waals surface area contributed by atoms with Crippen LogP contribution in [0.4, 0.5) is 15.8 Å². The second-order valence-corrected chi connectivity index (χ2v) is 14.1. The summed E-state index contributed by atoms with van der Waals surface area (Å²) >= 11 is 14.9. The highest BCUT2D eigenvalue weighted by molar-refractivity contribution is 6.58. The summed E-state index contributed by atoms with van der Waals surface area (Å²) in [6.45, 7) is 3.76. The molecule has 5 aliphatic rings. The van der Waals surface area contributed by atoms with E-state index in [2.05, 4.69) is 6.58 Å². The van der Waals surface area contributed by atoms with Crippen LogP contribution in [-0.2, 0) is 25.6 Å². The number of alkyl halides is 2. The highest BCUT2D eigenvalue weighted by Crippen LogP contribution is 2.65. The number of phenols is 1. The molecule has 3 fully saturated rings. The van der Waals surface area contributed by atoms with Crippen molar-refractivity contribution in [3.63, 3.8) is 0 Å². The summed E-state index contributed by atoms with van der Waals surface area (Å²) in [7, 11) is 0. The smallest absolute Gasteiger partial charge is 0.258 e. The van der Waals surface area contributed by atoms with Crippen LogP contribution in [-0.4, -0.2) is 38.5 Å². The average Bonchev–Trinajstić information content (AvgIpc) is 3.42. The van der Waals surface area contributed by atoms with Gasteiger partial charge in [-0.2, -0.15) is 0 Å². The monoisotopic (exact) mass is 684 g/mol. The molecule has 0 radical (unpaired) electrons. The molecule has 8 rings (SSSR count). The van der Waals surface area contributed by atoms with Crippen LogP contribution in [0.25, 0.3) is 6.08 Å². The number of amides is 4. The van der Waals surface area contributed by atoms with Crippen LogP contribution in [0.1, 0.15) is 24.0 Å². The zero-order chi connectivity index (χ0) is 33.7. The van der Waals surface area contributed by atoms with E-state index in [1.165, 1.54) is 29.4 Å². The van der Waals surface area contributed by atoms with E-state index >= 15 is 0 Å². The fourth-order valence-corrected chi connectivity index (χ4v) is 9.17. The maximum atomic E-state index is 14.5. The molecule has 242 valence electrons. The molecule has 1 saturated carbocycles. The third-order valence-corrected chi connectivity index (χ3v) is 11.8. The minimum absolute atomic E-state index is 0.0120. The number of rotatable bonds is 4. The molecule has 8 nitrogen and oxygen atoms in total. The van der Waals surface area contributed by atoms with Gasteiger partial charge in [0, 0.05) is 17.9 Å². The Hall–Kier alpha value is -4.73. The lowest BCUT2D eigenvalue weighted by molar-refractivity contribution is -0.125. The first-order chi connectivity index (χ1) is 23.0. The van der Waals surface area contributed by atoms with E-state index in [0.717, 1.165) is 22.6 Å². The highest BCUT2D eigenvalue weighted by Gasteiger charge is 2.77. The van der Waals surface area contributed by atoms with E-state index in [0.29, 0.717) is 28.1 Å². The van der Waals surface area contributed by atoms with Crippen LogP contribution in [0.3, 0.4) is 0 Å². The third kappa shape index (κ3) is 4.07. The number of nitrogens with zero attached hydrogens (tertiary/aromatic N) is 2. The number of fused-ring (bicyclic) bond motifs is 5. The molecular formula is C37H27Cl2FN2O6. The first-order valence-electron chi connectivity index (χ1n) is 15.5. The Labute approximate surface area is 284 Å². The van der Waals surface area contributed by atoms with Gasteiger partial charge in [0.05, 0.1) is 29.5 Å². The predicted octanol–water partition coefficient (Wildman–Crippen LogP) is 6.29. The quantitative estimate of drug-likeness (QED) is 0.197. The first kappa shape index (κ1) is 30.6. The number of hydrogen-bond donors (Lipinski definition) is 1. The Morgan fingerprint density at radius 2 is 1.58 bits per heavy atom. The SMILES string of the molecule is C=Cc1ccc(N2C(=O)[C@H]3[C@H](CC=C4[C@H](C5=COc6ccc(O)cc6C5)[C@]5(Cl)C(=O)N(c6ccc(F)cc6)C(=O)[C@]5(Cl)C[C@H]43)C2=O)cc1. The topological polar surface area (TPSA) is 104 Å². The van der Waals surface area contributed by atoms with Gasteiger partial charge in [-0.25, -0.2) is 9.29 Å².